The smallest absolute Gasteiger partial charge is 0.368 e. The summed E-state index contributed by atoms with van der Waals surface area (Å²) in [6.07, 6.45) is 0. The van der Waals surface area contributed by atoms with Gasteiger partial charge in [-0.15, -0.1) is 0 Å². The minimum atomic E-state index is -0.984. The maximum absolute atomic E-state index is 9.79. The number of ketones is 2. The van der Waals surface area contributed by atoms with Crippen molar-refractivity contribution in [1.82, 2.24) is 0 Å². The van der Waals surface area contributed by atoms with E-state index in [0.29, 0.717) is 0 Å². The summed E-state index contributed by atoms with van der Waals surface area (Å²) in [7, 11) is 0. The fraction of sp³-hybridized carbons (Fsp3) is 0.250. The quantitative estimate of drug-likeness (QED) is 0.307. The molecule has 0 aromatic heterocycles. The molecular weight excluding hydrogens is 96.0 g/mol. The molecule has 0 aromatic carbocycles. The van der Waals surface area contributed by atoms with Gasteiger partial charge in [-0.3, -0.25) is 0 Å². The number of carbonyl (C=O) groups is 2. The van der Waals surface area contributed by atoms with Gasteiger partial charge in [0.2, 0.25) is 0 Å². The van der Waals surface area contributed by atoms with Crippen molar-refractivity contribution in [3.63, 3.8) is 0 Å². The van der Waals surface area contributed by atoms with E-state index in [4.69, 9.17) is 0 Å². The van der Waals surface area contributed by atoms with Crippen LogP contribution in [0.3, 0.4) is 0 Å². The van der Waals surface area contributed by atoms with Crippen molar-refractivity contribution in [2.24, 2.45) is 0 Å². The fourth-order valence-corrected chi connectivity index (χ4v) is 0.0805. The second-order valence-electron chi connectivity index (χ2n) is 0.991. The molecule has 3 nitrogen and oxygen atoms in total. The predicted octanol–water partition coefficient (Wildman–Crippen LogP) is -1.68. The van der Waals surface area contributed by atoms with Crippen LogP contribution in [0.2, 0.25) is 0 Å². The number of Topliss-reactive ketones (excluding diaryl/α,β-unsaturated/α-hetero) is 2. The standard InChI is InChI=1S/C4H4O3/c1-3(6)4(7)2-5/h1-2H2. The highest BCUT2D eigenvalue weighted by atomic mass is 16.3. The van der Waals surface area contributed by atoms with E-state index in [1.165, 1.54) is 0 Å². The lowest BCUT2D eigenvalue weighted by atomic mass is 10.3. The Kier molecular flexibility index (Phi) is 2.08. The molecule has 0 rings (SSSR count). The molecule has 0 atom stereocenters. The van der Waals surface area contributed by atoms with Gasteiger partial charge in [0, 0.05) is 6.61 Å². The molecule has 0 bridgehead atoms. The summed E-state index contributed by atoms with van der Waals surface area (Å²) in [6, 6.07) is 0. The van der Waals surface area contributed by atoms with Crippen LogP contribution < -0.4 is 5.11 Å². The number of hydrogen-bond donors (Lipinski definition) is 0. The van der Waals surface area contributed by atoms with E-state index in [2.05, 4.69) is 6.92 Å². The predicted molar refractivity (Wildman–Crippen MR) is 20.2 cm³/mol. The van der Waals surface area contributed by atoms with Crippen LogP contribution in [0.1, 0.15) is 0 Å². The summed E-state index contributed by atoms with van der Waals surface area (Å²) in [5.41, 5.74) is 0. The average Bonchev–Trinajstić information content (AvgIpc) is 1.65. The first-order chi connectivity index (χ1) is 3.18. The van der Waals surface area contributed by atoms with Crippen molar-refractivity contribution in [2.75, 3.05) is 6.61 Å². The van der Waals surface area contributed by atoms with Gasteiger partial charge in [0.1, 0.15) is 0 Å². The maximum atomic E-state index is 9.79. The highest BCUT2D eigenvalue weighted by molar-refractivity contribution is 6.39. The normalized spacial score (nSPS) is 8.14. The molecule has 3 heteroatoms. The number of rotatable bonds is 2. The van der Waals surface area contributed by atoms with Crippen molar-refractivity contribution in [3.8, 4) is 0 Å². The van der Waals surface area contributed by atoms with Gasteiger partial charge in [0.15, 0.2) is 0 Å². The molecule has 7 heavy (non-hydrogen) atoms. The minimum Gasteiger partial charge on any atom is -0.833 e. The molecule has 0 heterocycles. The van der Waals surface area contributed by atoms with Crippen molar-refractivity contribution in [2.45, 2.75) is 0 Å². The Labute approximate surface area is 41.0 Å². The second-order valence-corrected chi connectivity index (χ2v) is 0.991. The molecule has 0 spiro atoms. The van der Waals surface area contributed by atoms with Gasteiger partial charge in [-0.25, -0.2) is 4.79 Å². The lowest BCUT2D eigenvalue weighted by molar-refractivity contribution is -0.353. The van der Waals surface area contributed by atoms with Crippen molar-refractivity contribution in [3.05, 3.63) is 6.92 Å². The lowest BCUT2D eigenvalue weighted by Crippen LogP contribution is -2.23. The van der Waals surface area contributed by atoms with Crippen LogP contribution in [0.5, 0.6) is 0 Å². The molecular formula is C4H4O3. The second kappa shape index (κ2) is 2.36. The molecule has 0 fully saturated rings. The Hall–Kier alpha value is -0.830. The largest absolute Gasteiger partial charge is 0.833 e. The van der Waals surface area contributed by atoms with Gasteiger partial charge in [-0.05, 0) is 0 Å². The lowest BCUT2D eigenvalue weighted by Gasteiger charge is -1.85. The first-order valence-corrected chi connectivity index (χ1v) is 1.65. The van der Waals surface area contributed by atoms with Crippen LogP contribution in [-0.4, -0.2) is 18.2 Å². The van der Waals surface area contributed by atoms with Crippen LogP contribution in [-0.2, 0) is 9.59 Å². The molecule has 0 aromatic rings. The molecule has 0 aliphatic heterocycles. The van der Waals surface area contributed by atoms with E-state index in [9.17, 15) is 14.7 Å². The van der Waals surface area contributed by atoms with E-state index < -0.39 is 18.2 Å². The summed E-state index contributed by atoms with van der Waals surface area (Å²) >= 11 is 0. The molecule has 0 radical (unpaired) electrons. The maximum Gasteiger partial charge on any atom is 0.368 e. The number of carbonyl (C=O) groups excluding carboxylic acids is 2. The summed E-state index contributed by atoms with van der Waals surface area (Å²) in [4.78, 5) is 19.5. The van der Waals surface area contributed by atoms with Crippen LogP contribution >= 0.6 is 0 Å². The molecule has 0 unspecified atom stereocenters. The van der Waals surface area contributed by atoms with E-state index in [1.807, 2.05) is 0 Å². The molecule has 0 aliphatic rings. The zero-order valence-electron chi connectivity index (χ0n) is 3.64. The molecule has 0 N–H and O–H groups in total. The highest BCUT2D eigenvalue weighted by Gasteiger charge is 2.10. The SMILES string of the molecule is [CH2+]C(=O)C(=O)C[O-]. The third-order valence-corrected chi connectivity index (χ3v) is 0.442. The highest BCUT2D eigenvalue weighted by Crippen LogP contribution is 1.65. The molecule has 0 saturated carbocycles. The van der Waals surface area contributed by atoms with Gasteiger partial charge in [-0.1, -0.05) is 0 Å². The third kappa shape index (κ3) is 1.94. The van der Waals surface area contributed by atoms with Gasteiger partial charge in [0.25, 0.3) is 0 Å². The zero-order valence-corrected chi connectivity index (χ0v) is 3.64. The summed E-state index contributed by atoms with van der Waals surface area (Å²) < 4.78 is 0. The third-order valence-electron chi connectivity index (χ3n) is 0.442. The van der Waals surface area contributed by atoms with E-state index in [0.717, 1.165) is 0 Å². The Balaban J connectivity index is 3.58. The first kappa shape index (κ1) is 6.17. The Bertz CT molecular complexity index is 95.1. The Morgan fingerprint density at radius 2 is 2.00 bits per heavy atom. The molecule has 0 aliphatic carbocycles. The fourth-order valence-electron chi connectivity index (χ4n) is 0.0805. The van der Waals surface area contributed by atoms with Gasteiger partial charge in [-0.2, -0.15) is 4.79 Å². The molecule has 0 amide bonds. The number of hydrogen-bond acceptors (Lipinski definition) is 3. The summed E-state index contributed by atoms with van der Waals surface area (Å²) in [5, 5.41) is 9.46. The summed E-state index contributed by atoms with van der Waals surface area (Å²) in [5.74, 6) is -1.87. The average molecular weight is 100 g/mol. The van der Waals surface area contributed by atoms with Crippen molar-refractivity contribution in [1.29, 1.82) is 0 Å². The minimum absolute atomic E-state index is 0.907. The van der Waals surface area contributed by atoms with Crippen molar-refractivity contribution >= 4 is 11.6 Å². The van der Waals surface area contributed by atoms with Crippen LogP contribution in [0.4, 0.5) is 0 Å². The van der Waals surface area contributed by atoms with E-state index in [1.54, 1.807) is 0 Å². The van der Waals surface area contributed by atoms with Crippen LogP contribution in [0, 0.1) is 6.92 Å². The monoisotopic (exact) mass is 100 g/mol. The topological polar surface area (TPSA) is 57.2 Å². The van der Waals surface area contributed by atoms with Gasteiger partial charge < -0.3 is 5.11 Å². The summed E-state index contributed by atoms with van der Waals surface area (Å²) in [6.45, 7) is 1.74. The van der Waals surface area contributed by atoms with E-state index in [-0.39, 0.29) is 0 Å². The van der Waals surface area contributed by atoms with E-state index >= 15 is 0 Å². The molecule has 38 valence electrons. The Morgan fingerprint density at radius 1 is 1.57 bits per heavy atom. The Morgan fingerprint density at radius 3 is 2.00 bits per heavy atom. The van der Waals surface area contributed by atoms with Gasteiger partial charge >= 0.3 is 11.6 Å². The van der Waals surface area contributed by atoms with Crippen LogP contribution in [0.25, 0.3) is 0 Å². The zero-order chi connectivity index (χ0) is 5.86. The molecule has 0 saturated heterocycles. The van der Waals surface area contributed by atoms with Gasteiger partial charge in [0.05, 0.1) is 6.92 Å². The van der Waals surface area contributed by atoms with Crippen molar-refractivity contribution < 1.29 is 14.7 Å². The van der Waals surface area contributed by atoms with Crippen LogP contribution in [0.15, 0.2) is 0 Å². The first-order valence-electron chi connectivity index (χ1n) is 1.65.